The fraction of sp³-hybridized carbons (Fsp3) is 0.646. The summed E-state index contributed by atoms with van der Waals surface area (Å²) in [6, 6.07) is 20.6. The lowest BCUT2D eigenvalue weighted by molar-refractivity contribution is -0.438. The molecule has 7 rings (SSSR count). The van der Waals surface area contributed by atoms with E-state index in [0.717, 1.165) is 30.6 Å². The van der Waals surface area contributed by atoms with Crippen LogP contribution in [0.3, 0.4) is 0 Å². The molecule has 3 aliphatic rings. The number of hydrogen-bond donors (Lipinski definition) is 3. The minimum atomic E-state index is -0.481. The number of carbonyl (C=O) groups excluding carboxylic acids is 3. The quantitative estimate of drug-likeness (QED) is 0.0129. The number of methoxy groups -OCH3 is 3. The van der Waals surface area contributed by atoms with Gasteiger partial charge < -0.3 is 29.7 Å². The van der Waals surface area contributed by atoms with Crippen molar-refractivity contribution in [2.75, 3.05) is 45.6 Å². The van der Waals surface area contributed by atoms with Crippen molar-refractivity contribution in [3.63, 3.8) is 0 Å². The molecule has 13 nitrogen and oxygen atoms in total. The summed E-state index contributed by atoms with van der Waals surface area (Å²) in [6.07, 6.45) is 67.1. The number of allylic oxidation sites excluding steroid dienone is 4. The van der Waals surface area contributed by atoms with Crippen molar-refractivity contribution >= 4 is 52.8 Å². The molecule has 3 amide bonds. The Morgan fingerprint density at radius 3 is 1.61 bits per heavy atom. The molecule has 2 heterocycles. The van der Waals surface area contributed by atoms with Gasteiger partial charge in [0.1, 0.15) is 6.54 Å². The number of rotatable bonds is 57. The molecule has 2 aliphatic heterocycles. The van der Waals surface area contributed by atoms with Gasteiger partial charge in [-0.3, -0.25) is 19.2 Å². The van der Waals surface area contributed by atoms with Crippen LogP contribution in [0.4, 0.5) is 11.4 Å². The number of amides is 3. The number of ether oxygens (including phenoxy) is 3. The molecule has 0 aromatic heterocycles. The SMILES string of the molecule is CCCCCCCCCCCCCCCCCCCCCCN1/C(=C/C=C/C2=[N+](CCCCCCCCCCCCCCCCCCCCCC)c3ccccc3C2(C)C)C(C)(C)c2cc(CNC(=O)CCCC(=O)N/N=C/c3c4c(c(OC)c(OC)c3OC)-c3ccc(SC)c(=O)cc3[C@@H](NC(C)=O)CC4)ccc21. The van der Waals surface area contributed by atoms with E-state index in [1.807, 2.05) is 12.3 Å². The van der Waals surface area contributed by atoms with Crippen LogP contribution in [0.2, 0.25) is 0 Å². The number of carbonyl (C=O) groups is 3. The predicted molar refractivity (Wildman–Crippen MR) is 465 cm³/mol. The van der Waals surface area contributed by atoms with Crippen LogP contribution in [0.15, 0.2) is 99.4 Å². The fourth-order valence-corrected chi connectivity index (χ4v) is 17.8. The first kappa shape index (κ1) is 90.5. The van der Waals surface area contributed by atoms with E-state index in [-0.39, 0.29) is 46.8 Å². The molecule has 1 atom stereocenters. The molecular weight excluding hydrogens is 1380 g/mol. The molecule has 14 heteroatoms. The van der Waals surface area contributed by atoms with Gasteiger partial charge in [0, 0.05) is 84.9 Å². The van der Waals surface area contributed by atoms with E-state index in [1.165, 1.54) is 317 Å². The molecule has 0 saturated carbocycles. The van der Waals surface area contributed by atoms with Gasteiger partial charge in [-0.1, -0.05) is 308 Å². The number of nitrogens with zero attached hydrogens (tertiary/aromatic N) is 3. The molecule has 1 aliphatic carbocycles. The van der Waals surface area contributed by atoms with Crippen LogP contribution in [-0.2, 0) is 38.2 Å². The van der Waals surface area contributed by atoms with Gasteiger partial charge in [0.15, 0.2) is 22.6 Å². The van der Waals surface area contributed by atoms with E-state index in [0.29, 0.717) is 70.2 Å². The van der Waals surface area contributed by atoms with Crippen LogP contribution in [0.1, 0.15) is 370 Å². The molecule has 3 N–H and O–H groups in total. The first-order valence-corrected chi connectivity index (χ1v) is 45.3. The van der Waals surface area contributed by atoms with Gasteiger partial charge in [-0.2, -0.15) is 9.68 Å². The largest absolute Gasteiger partial charge is 0.492 e. The van der Waals surface area contributed by atoms with Crippen LogP contribution in [0, 0.1) is 0 Å². The van der Waals surface area contributed by atoms with E-state index in [1.54, 1.807) is 25.5 Å². The summed E-state index contributed by atoms with van der Waals surface area (Å²) >= 11 is 1.35. The number of unbranched alkanes of at least 4 members (excludes halogenated alkanes) is 38. The first-order chi connectivity index (χ1) is 53.5. The summed E-state index contributed by atoms with van der Waals surface area (Å²) < 4.78 is 20.6. The lowest BCUT2D eigenvalue weighted by Gasteiger charge is -2.27. The highest BCUT2D eigenvalue weighted by Gasteiger charge is 2.45. The van der Waals surface area contributed by atoms with Crippen molar-refractivity contribution in [3.05, 3.63) is 128 Å². The zero-order valence-electron chi connectivity index (χ0n) is 70.7. The summed E-state index contributed by atoms with van der Waals surface area (Å²) in [7, 11) is 4.61. The van der Waals surface area contributed by atoms with E-state index in [4.69, 9.17) is 14.2 Å². The number of para-hydroxylation sites is 1. The number of benzene rings is 3. The maximum atomic E-state index is 13.6. The highest BCUT2D eigenvalue weighted by molar-refractivity contribution is 7.98. The average Bonchev–Trinajstić information content (AvgIpc) is 1.55. The third-order valence-electron chi connectivity index (χ3n) is 23.7. The van der Waals surface area contributed by atoms with E-state index < -0.39 is 6.04 Å². The van der Waals surface area contributed by atoms with Crippen LogP contribution < -0.4 is 40.6 Å². The highest BCUT2D eigenvalue weighted by Crippen LogP contribution is 2.53. The Morgan fingerprint density at radius 1 is 0.582 bits per heavy atom. The summed E-state index contributed by atoms with van der Waals surface area (Å²) in [5.74, 6) is 0.383. The second-order valence-corrected chi connectivity index (χ2v) is 33.9. The lowest BCUT2D eigenvalue weighted by Crippen LogP contribution is -2.28. The Labute approximate surface area is 671 Å². The molecule has 4 aromatic carbocycles. The van der Waals surface area contributed by atoms with E-state index in [9.17, 15) is 19.2 Å². The summed E-state index contributed by atoms with van der Waals surface area (Å²) in [5, 5.41) is 10.7. The predicted octanol–water partition coefficient (Wildman–Crippen LogP) is 24.8. The zero-order valence-corrected chi connectivity index (χ0v) is 71.5. The van der Waals surface area contributed by atoms with Crippen LogP contribution >= 0.6 is 11.8 Å². The number of thioether (sulfide) groups is 1. The van der Waals surface area contributed by atoms with E-state index in [2.05, 4.69) is 133 Å². The minimum absolute atomic E-state index is 0.0802. The molecule has 0 saturated heterocycles. The topological polar surface area (TPSA) is 151 Å². The summed E-state index contributed by atoms with van der Waals surface area (Å²) in [5.41, 5.74) is 14.4. The van der Waals surface area contributed by atoms with Crippen molar-refractivity contribution in [1.29, 1.82) is 0 Å². The summed E-state index contributed by atoms with van der Waals surface area (Å²) in [4.78, 5) is 56.3. The van der Waals surface area contributed by atoms with Crippen molar-refractivity contribution in [1.82, 2.24) is 16.1 Å². The maximum absolute atomic E-state index is 13.6. The normalized spacial score (nSPS) is 15.1. The van der Waals surface area contributed by atoms with Gasteiger partial charge >= 0.3 is 0 Å². The molecule has 0 fully saturated rings. The van der Waals surface area contributed by atoms with Gasteiger partial charge in [0.25, 0.3) is 0 Å². The Morgan fingerprint density at radius 2 is 1.09 bits per heavy atom. The molecule has 0 radical (unpaired) electrons. The van der Waals surface area contributed by atoms with Crippen molar-refractivity contribution in [2.24, 2.45) is 5.10 Å². The van der Waals surface area contributed by atoms with Crippen LogP contribution in [0.25, 0.3) is 11.1 Å². The van der Waals surface area contributed by atoms with Gasteiger partial charge in [0.05, 0.1) is 43.9 Å². The standard InChI is InChI=1S/C96H146N6O7S/c1-12-14-16-18-20-22-24-26-28-30-32-34-36-38-40-42-44-46-48-52-68-101-83-57-51-50-56-80(83)95(4,5)87(101)58-54-59-88-96(6,7)81-70-75(62-66-84(81)102(88)69-53-49-47-45-43-41-39-37-35-33-31-29-27-25-23-21-19-17-15-13-2)72-97-89(105)60-55-61-90(106)100-98-73-79-77-63-65-82(99-74(3)103)78-71-85(104)86(110-11)67-64-76(78)91(77)93(108-9)94(109-10)92(79)107-8/h50-51,54,56-59,62,64,66-67,70-71,73,82H,12-49,52-53,55,60-61,63,65,68-69,72H2,1-11H3,(H2-,97,99,100,103,105,106)/p+1/b98-73+/t82-/m0/s1. The first-order valence-electron chi connectivity index (χ1n) is 44.0. The van der Waals surface area contributed by atoms with Gasteiger partial charge in [-0.05, 0) is 104 Å². The molecule has 0 spiro atoms. The zero-order chi connectivity index (χ0) is 78.8. The summed E-state index contributed by atoms with van der Waals surface area (Å²) in [6.45, 7) is 18.0. The van der Waals surface area contributed by atoms with Gasteiger partial charge in [-0.25, -0.2) is 5.43 Å². The molecule has 0 unspecified atom stereocenters. The minimum Gasteiger partial charge on any atom is -0.492 e. The number of hydrogen-bond acceptors (Lipinski definition) is 10. The number of hydrazone groups is 1. The Hall–Kier alpha value is -6.67. The Kier molecular flexibility index (Phi) is 41.5. The molecular formula is C96H147N6O7S+. The molecule has 608 valence electrons. The van der Waals surface area contributed by atoms with Crippen molar-refractivity contribution < 1.29 is 33.2 Å². The van der Waals surface area contributed by atoms with Crippen molar-refractivity contribution in [3.8, 4) is 28.4 Å². The smallest absolute Gasteiger partial charge is 0.240 e. The van der Waals surface area contributed by atoms with Crippen LogP contribution in [-0.4, -0.2) is 74.9 Å². The third-order valence-corrected chi connectivity index (χ3v) is 24.5. The molecule has 0 bridgehead atoms. The number of nitrogens with one attached hydrogen (secondary N) is 3. The van der Waals surface area contributed by atoms with Gasteiger partial charge in [0.2, 0.25) is 29.2 Å². The maximum Gasteiger partial charge on any atom is 0.240 e. The monoisotopic (exact) mass is 1530 g/mol. The van der Waals surface area contributed by atoms with Gasteiger partial charge in [-0.15, -0.1) is 11.8 Å². The Balaban J connectivity index is 0.947. The Bertz CT molecular complexity index is 3640. The third kappa shape index (κ3) is 28.2. The molecule has 110 heavy (non-hydrogen) atoms. The number of anilines is 1. The fourth-order valence-electron chi connectivity index (χ4n) is 17.3. The van der Waals surface area contributed by atoms with Crippen LogP contribution in [0.5, 0.6) is 17.2 Å². The lowest BCUT2D eigenvalue weighted by atomic mass is 9.81. The highest BCUT2D eigenvalue weighted by atomic mass is 32.2. The second kappa shape index (κ2) is 50.4. The molecule has 4 aromatic rings. The van der Waals surface area contributed by atoms with E-state index >= 15 is 0 Å². The average molecular weight is 1530 g/mol. The number of fused-ring (bicyclic) bond motifs is 5. The second-order valence-electron chi connectivity index (χ2n) is 33.0. The van der Waals surface area contributed by atoms with Crippen molar-refractivity contribution in [2.45, 2.75) is 366 Å².